The summed E-state index contributed by atoms with van der Waals surface area (Å²) in [5.74, 6) is 0.409. The fourth-order valence-corrected chi connectivity index (χ4v) is 6.05. The van der Waals surface area contributed by atoms with Gasteiger partial charge in [0.1, 0.15) is 18.0 Å². The van der Waals surface area contributed by atoms with Gasteiger partial charge in [-0.15, -0.1) is 0 Å². The molecule has 2 aliphatic rings. The summed E-state index contributed by atoms with van der Waals surface area (Å²) in [6.07, 6.45) is 6.83. The number of benzene rings is 1. The fraction of sp³-hybridized carbons (Fsp3) is 0.419. The Morgan fingerprint density at radius 1 is 1.10 bits per heavy atom. The predicted molar refractivity (Wildman–Crippen MR) is 152 cm³/mol. The minimum atomic E-state index is -0.544. The Balaban J connectivity index is 1.30. The number of aryl methyl sites for hydroxylation is 2. The number of carbonyl (C=O) groups excluding carboxylic acids is 1. The highest BCUT2D eigenvalue weighted by atomic mass is 16.6. The highest BCUT2D eigenvalue weighted by Crippen LogP contribution is 2.46. The van der Waals surface area contributed by atoms with Crippen LogP contribution in [0.2, 0.25) is 0 Å². The molecule has 3 aromatic heterocycles. The van der Waals surface area contributed by atoms with Crippen molar-refractivity contribution in [2.45, 2.75) is 77.7 Å². The number of pyridine rings is 1. The molecule has 9 heteroatoms. The topological polar surface area (TPSA) is 91.5 Å². The van der Waals surface area contributed by atoms with E-state index in [4.69, 9.17) is 9.47 Å². The van der Waals surface area contributed by atoms with Gasteiger partial charge in [-0.3, -0.25) is 14.7 Å². The van der Waals surface area contributed by atoms with Crippen LogP contribution in [-0.2, 0) is 24.8 Å². The van der Waals surface area contributed by atoms with Gasteiger partial charge in [-0.2, -0.15) is 9.78 Å². The van der Waals surface area contributed by atoms with Crippen molar-refractivity contribution in [2.75, 3.05) is 0 Å². The molecule has 208 valence electrons. The van der Waals surface area contributed by atoms with Crippen LogP contribution in [0.25, 0.3) is 16.6 Å². The van der Waals surface area contributed by atoms with Crippen molar-refractivity contribution in [1.82, 2.24) is 24.2 Å². The molecule has 1 saturated heterocycles. The van der Waals surface area contributed by atoms with Crippen LogP contribution in [0.5, 0.6) is 5.75 Å². The minimum absolute atomic E-state index is 0.0205. The van der Waals surface area contributed by atoms with Gasteiger partial charge in [0.15, 0.2) is 0 Å². The molecule has 6 rings (SSSR count). The maximum absolute atomic E-state index is 13.3. The fourth-order valence-electron chi connectivity index (χ4n) is 6.05. The lowest BCUT2D eigenvalue weighted by Crippen LogP contribution is -2.51. The zero-order chi connectivity index (χ0) is 28.2. The number of carbonyl (C=O) groups is 1. The SMILES string of the molecule is Cc1ccc(COc2cnn(-c3ccc4c5c(n(C)c4c3)CC3CCCC5N3C(=O)OC(C)(C)C)c(=O)c2)cn1. The summed E-state index contributed by atoms with van der Waals surface area (Å²) < 4.78 is 15.2. The van der Waals surface area contributed by atoms with Crippen molar-refractivity contribution in [2.24, 2.45) is 7.05 Å². The molecule has 2 aliphatic heterocycles. The summed E-state index contributed by atoms with van der Waals surface area (Å²) >= 11 is 0. The highest BCUT2D eigenvalue weighted by molar-refractivity contribution is 5.89. The molecule has 2 atom stereocenters. The first-order chi connectivity index (χ1) is 19.1. The molecule has 2 unspecified atom stereocenters. The van der Waals surface area contributed by atoms with Crippen molar-refractivity contribution in [3.05, 3.63) is 81.7 Å². The highest BCUT2D eigenvalue weighted by Gasteiger charge is 2.44. The summed E-state index contributed by atoms with van der Waals surface area (Å²) in [6.45, 7) is 7.96. The first-order valence-electron chi connectivity index (χ1n) is 13.9. The summed E-state index contributed by atoms with van der Waals surface area (Å²) in [5, 5.41) is 5.50. The Labute approximate surface area is 233 Å². The molecule has 2 bridgehead atoms. The lowest BCUT2D eigenvalue weighted by atomic mass is 9.82. The van der Waals surface area contributed by atoms with E-state index in [1.165, 1.54) is 22.0 Å². The van der Waals surface area contributed by atoms with Gasteiger partial charge in [-0.1, -0.05) is 12.1 Å². The van der Waals surface area contributed by atoms with Crippen LogP contribution in [-0.4, -0.2) is 42.0 Å². The first kappa shape index (κ1) is 26.1. The molecule has 9 nitrogen and oxygen atoms in total. The maximum Gasteiger partial charge on any atom is 0.411 e. The summed E-state index contributed by atoms with van der Waals surface area (Å²) in [7, 11) is 2.07. The number of nitrogens with zero attached hydrogens (tertiary/aromatic N) is 5. The number of rotatable bonds is 4. The Hall–Kier alpha value is -4.14. The Bertz CT molecular complexity index is 1650. The van der Waals surface area contributed by atoms with E-state index in [9.17, 15) is 9.59 Å². The van der Waals surface area contributed by atoms with Gasteiger partial charge >= 0.3 is 6.09 Å². The molecule has 0 radical (unpaired) electrons. The molecule has 0 N–H and O–H groups in total. The van der Waals surface area contributed by atoms with Crippen LogP contribution in [0, 0.1) is 6.92 Å². The largest absolute Gasteiger partial charge is 0.487 e. The van der Waals surface area contributed by atoms with Crippen LogP contribution in [0.1, 0.15) is 68.6 Å². The number of piperidine rings is 1. The monoisotopic (exact) mass is 541 g/mol. The van der Waals surface area contributed by atoms with Gasteiger partial charge in [0.25, 0.3) is 5.56 Å². The van der Waals surface area contributed by atoms with Gasteiger partial charge in [0.05, 0.1) is 23.4 Å². The van der Waals surface area contributed by atoms with Gasteiger partial charge in [-0.25, -0.2) is 4.79 Å². The number of amides is 1. The van der Waals surface area contributed by atoms with Gasteiger partial charge in [0, 0.05) is 59.7 Å². The first-order valence-corrected chi connectivity index (χ1v) is 13.9. The van der Waals surface area contributed by atoms with Crippen molar-refractivity contribution in [3.63, 3.8) is 0 Å². The Kier molecular flexibility index (Phi) is 6.40. The zero-order valence-electron chi connectivity index (χ0n) is 23.7. The van der Waals surface area contributed by atoms with E-state index >= 15 is 0 Å². The van der Waals surface area contributed by atoms with Crippen LogP contribution >= 0.6 is 0 Å². The van der Waals surface area contributed by atoms with E-state index in [1.807, 2.05) is 56.9 Å². The van der Waals surface area contributed by atoms with Gasteiger partial charge in [-0.05, 0) is 65.2 Å². The smallest absolute Gasteiger partial charge is 0.411 e. The molecule has 5 heterocycles. The second-order valence-electron chi connectivity index (χ2n) is 11.9. The third kappa shape index (κ3) is 4.74. The van der Waals surface area contributed by atoms with Crippen molar-refractivity contribution in [3.8, 4) is 11.4 Å². The summed E-state index contributed by atoms with van der Waals surface area (Å²) in [5.41, 5.74) is 5.17. The molecule has 1 fully saturated rings. The van der Waals surface area contributed by atoms with E-state index in [0.717, 1.165) is 47.8 Å². The van der Waals surface area contributed by atoms with Crippen LogP contribution in [0.15, 0.2) is 53.6 Å². The maximum atomic E-state index is 13.3. The van der Waals surface area contributed by atoms with Crippen LogP contribution < -0.4 is 10.3 Å². The minimum Gasteiger partial charge on any atom is -0.487 e. The third-order valence-corrected chi connectivity index (χ3v) is 7.86. The van der Waals surface area contributed by atoms with E-state index in [1.54, 1.807) is 12.4 Å². The predicted octanol–water partition coefficient (Wildman–Crippen LogP) is 5.39. The third-order valence-electron chi connectivity index (χ3n) is 7.86. The van der Waals surface area contributed by atoms with E-state index < -0.39 is 5.60 Å². The van der Waals surface area contributed by atoms with Gasteiger partial charge in [0.2, 0.25) is 0 Å². The van der Waals surface area contributed by atoms with E-state index in [-0.39, 0.29) is 23.7 Å². The lowest BCUT2D eigenvalue weighted by molar-refractivity contribution is -0.00973. The molecule has 40 heavy (non-hydrogen) atoms. The number of aromatic nitrogens is 4. The lowest BCUT2D eigenvalue weighted by Gasteiger charge is -2.46. The van der Waals surface area contributed by atoms with E-state index in [0.29, 0.717) is 18.0 Å². The number of hydrogen-bond donors (Lipinski definition) is 0. The number of fused-ring (bicyclic) bond motifs is 6. The summed E-state index contributed by atoms with van der Waals surface area (Å²) in [6, 6.07) is 11.4. The van der Waals surface area contributed by atoms with Crippen LogP contribution in [0.3, 0.4) is 0 Å². The van der Waals surface area contributed by atoms with Crippen molar-refractivity contribution in [1.29, 1.82) is 0 Å². The number of hydrogen-bond acceptors (Lipinski definition) is 6. The Morgan fingerprint density at radius 2 is 1.93 bits per heavy atom. The normalized spacial score (nSPS) is 18.5. The molecular formula is C31H35N5O4. The standard InChI is InChI=1S/C31H35N5O4/c1-19-9-10-20(16-32-19)18-39-23-15-28(37)36(33-17-23)22-11-12-24-26(14-22)34(5)27-13-21-7-6-8-25(29(24)27)35(21)30(38)40-31(2,3)4/h9-12,14-17,21,25H,6-8,13,18H2,1-5H3. The van der Waals surface area contributed by atoms with Crippen molar-refractivity contribution < 1.29 is 14.3 Å². The second-order valence-corrected chi connectivity index (χ2v) is 11.9. The Morgan fingerprint density at radius 3 is 2.65 bits per heavy atom. The van der Waals surface area contributed by atoms with Gasteiger partial charge < -0.3 is 14.0 Å². The number of ether oxygens (including phenoxy) is 2. The zero-order valence-corrected chi connectivity index (χ0v) is 23.7. The van der Waals surface area contributed by atoms with Crippen molar-refractivity contribution >= 4 is 17.0 Å². The molecule has 0 spiro atoms. The van der Waals surface area contributed by atoms with E-state index in [2.05, 4.69) is 27.8 Å². The molecular weight excluding hydrogens is 506 g/mol. The average Bonchev–Trinajstić information content (AvgIpc) is 3.17. The summed E-state index contributed by atoms with van der Waals surface area (Å²) in [4.78, 5) is 32.5. The molecule has 0 saturated carbocycles. The molecule has 4 aromatic rings. The molecule has 1 aromatic carbocycles. The molecule has 1 amide bonds. The van der Waals surface area contributed by atoms with Crippen LogP contribution in [0.4, 0.5) is 4.79 Å². The average molecular weight is 542 g/mol. The second kappa shape index (κ2) is 9.80. The quantitative estimate of drug-likeness (QED) is 0.344. The molecule has 0 aliphatic carbocycles.